The molecule has 1 aromatic rings. The molecule has 0 N–H and O–H groups in total. The summed E-state index contributed by atoms with van der Waals surface area (Å²) in [7, 11) is 0. The molecule has 2 heterocycles. The maximum absolute atomic E-state index is 12.2. The van der Waals surface area contributed by atoms with Crippen LogP contribution in [-0.2, 0) is 9.63 Å². The Bertz CT molecular complexity index is 503. The fourth-order valence-electron chi connectivity index (χ4n) is 1.89. The molecule has 1 amide bonds. The summed E-state index contributed by atoms with van der Waals surface area (Å²) < 4.78 is 0. The Morgan fingerprint density at radius 2 is 1.81 bits per heavy atom. The van der Waals surface area contributed by atoms with Gasteiger partial charge in [0.25, 0.3) is 5.91 Å². The van der Waals surface area contributed by atoms with Gasteiger partial charge in [-0.2, -0.15) is 0 Å². The second-order valence-electron chi connectivity index (χ2n) is 6.06. The molecule has 0 aliphatic carbocycles. The molecular weight excluding hydrogens is 270 g/mol. The van der Waals surface area contributed by atoms with Crippen LogP contribution < -0.4 is 0 Å². The Balaban J connectivity index is 1.86. The van der Waals surface area contributed by atoms with E-state index in [2.05, 4.69) is 4.98 Å². The molecule has 2 rings (SSSR count). The Kier molecular flexibility index (Phi) is 4.57. The van der Waals surface area contributed by atoms with Crippen molar-refractivity contribution in [3.8, 4) is 0 Å². The minimum absolute atomic E-state index is 0.0857. The number of hydrogen-bond acceptors (Lipinski definition) is 5. The largest absolute Gasteiger partial charge is 0.367 e. The van der Waals surface area contributed by atoms with Crippen LogP contribution in [0.15, 0.2) is 24.4 Å². The average Bonchev–Trinajstić information content (AvgIpc) is 2.47. The number of hydroxylamine groups is 2. The molecule has 0 spiro atoms. The minimum atomic E-state index is -0.527. The smallest absolute Gasteiger partial charge is 0.330 e. The molecule has 0 aromatic carbocycles. The Morgan fingerprint density at radius 1 is 1.14 bits per heavy atom. The van der Waals surface area contributed by atoms with Crippen LogP contribution in [0.2, 0.25) is 0 Å². The number of pyridine rings is 1. The van der Waals surface area contributed by atoms with Gasteiger partial charge in [0.1, 0.15) is 5.69 Å². The van der Waals surface area contributed by atoms with Gasteiger partial charge in [0.2, 0.25) is 0 Å². The molecule has 0 radical (unpaired) electrons. The fourth-order valence-corrected chi connectivity index (χ4v) is 1.89. The SMILES string of the molecule is CC(C)(C)C(=O)ON1CCN(C(=O)c2ccccn2)CC1. The van der Waals surface area contributed by atoms with Crippen LogP contribution in [0.3, 0.4) is 0 Å². The molecule has 6 nitrogen and oxygen atoms in total. The third-order valence-corrected chi connectivity index (χ3v) is 3.23. The van der Waals surface area contributed by atoms with Crippen LogP contribution in [0.4, 0.5) is 0 Å². The Hall–Kier alpha value is -1.95. The van der Waals surface area contributed by atoms with Crippen molar-refractivity contribution in [3.63, 3.8) is 0 Å². The van der Waals surface area contributed by atoms with Gasteiger partial charge >= 0.3 is 5.97 Å². The van der Waals surface area contributed by atoms with Gasteiger partial charge in [-0.25, -0.2) is 4.79 Å². The predicted molar refractivity (Wildman–Crippen MR) is 77.3 cm³/mol. The zero-order chi connectivity index (χ0) is 15.5. The van der Waals surface area contributed by atoms with Crippen molar-refractivity contribution >= 4 is 11.9 Å². The molecule has 0 atom stereocenters. The van der Waals surface area contributed by atoms with E-state index in [1.54, 1.807) is 34.4 Å². The number of carbonyl (C=O) groups excluding carboxylic acids is 2. The van der Waals surface area contributed by atoms with Crippen LogP contribution in [0.1, 0.15) is 31.3 Å². The van der Waals surface area contributed by atoms with Crippen molar-refractivity contribution in [3.05, 3.63) is 30.1 Å². The van der Waals surface area contributed by atoms with E-state index in [1.165, 1.54) is 0 Å². The molecule has 1 aliphatic heterocycles. The monoisotopic (exact) mass is 291 g/mol. The molecule has 21 heavy (non-hydrogen) atoms. The van der Waals surface area contributed by atoms with E-state index < -0.39 is 5.41 Å². The summed E-state index contributed by atoms with van der Waals surface area (Å²) in [6, 6.07) is 5.27. The van der Waals surface area contributed by atoms with Crippen molar-refractivity contribution in [2.45, 2.75) is 20.8 Å². The highest BCUT2D eigenvalue weighted by atomic mass is 16.7. The van der Waals surface area contributed by atoms with Crippen molar-refractivity contribution in [2.24, 2.45) is 5.41 Å². The summed E-state index contributed by atoms with van der Waals surface area (Å²) in [5.74, 6) is -0.343. The van der Waals surface area contributed by atoms with Crippen LogP contribution >= 0.6 is 0 Å². The standard InChI is InChI=1S/C15H21N3O3/c1-15(2,3)14(20)21-18-10-8-17(9-11-18)13(19)12-6-4-5-7-16-12/h4-7H,8-11H2,1-3H3. The zero-order valence-electron chi connectivity index (χ0n) is 12.7. The van der Waals surface area contributed by atoms with E-state index in [9.17, 15) is 9.59 Å². The van der Waals surface area contributed by atoms with Gasteiger partial charge in [-0.05, 0) is 32.9 Å². The van der Waals surface area contributed by atoms with E-state index in [-0.39, 0.29) is 11.9 Å². The summed E-state index contributed by atoms with van der Waals surface area (Å²) in [4.78, 5) is 35.2. The van der Waals surface area contributed by atoms with Gasteiger partial charge in [0.15, 0.2) is 0 Å². The predicted octanol–water partition coefficient (Wildman–Crippen LogP) is 1.34. The zero-order valence-corrected chi connectivity index (χ0v) is 12.7. The lowest BCUT2D eigenvalue weighted by Crippen LogP contribution is -2.50. The van der Waals surface area contributed by atoms with Crippen molar-refractivity contribution in [1.29, 1.82) is 0 Å². The van der Waals surface area contributed by atoms with Crippen molar-refractivity contribution in [2.75, 3.05) is 26.2 Å². The Morgan fingerprint density at radius 3 is 2.33 bits per heavy atom. The van der Waals surface area contributed by atoms with Gasteiger partial charge in [-0.15, -0.1) is 5.06 Å². The third kappa shape index (κ3) is 4.01. The third-order valence-electron chi connectivity index (χ3n) is 3.23. The topological polar surface area (TPSA) is 62.7 Å². The van der Waals surface area contributed by atoms with Crippen LogP contribution in [0.5, 0.6) is 0 Å². The minimum Gasteiger partial charge on any atom is -0.367 e. The van der Waals surface area contributed by atoms with Crippen LogP contribution in [0, 0.1) is 5.41 Å². The van der Waals surface area contributed by atoms with E-state index in [4.69, 9.17) is 4.84 Å². The lowest BCUT2D eigenvalue weighted by Gasteiger charge is -2.34. The van der Waals surface area contributed by atoms with Crippen molar-refractivity contribution < 1.29 is 14.4 Å². The van der Waals surface area contributed by atoms with E-state index in [0.29, 0.717) is 31.9 Å². The van der Waals surface area contributed by atoms with Crippen molar-refractivity contribution in [1.82, 2.24) is 14.9 Å². The number of hydrogen-bond donors (Lipinski definition) is 0. The fraction of sp³-hybridized carbons (Fsp3) is 0.533. The molecule has 0 unspecified atom stereocenters. The second kappa shape index (κ2) is 6.22. The number of aromatic nitrogens is 1. The summed E-state index contributed by atoms with van der Waals surface area (Å²) in [6.45, 7) is 7.52. The molecule has 114 valence electrons. The highest BCUT2D eigenvalue weighted by Gasteiger charge is 2.29. The quantitative estimate of drug-likeness (QED) is 0.823. The maximum atomic E-state index is 12.2. The first-order valence-corrected chi connectivity index (χ1v) is 7.05. The van der Waals surface area contributed by atoms with Gasteiger partial charge in [-0.3, -0.25) is 9.78 Å². The summed E-state index contributed by atoms with van der Waals surface area (Å²) >= 11 is 0. The van der Waals surface area contributed by atoms with E-state index in [1.807, 2.05) is 20.8 Å². The lowest BCUT2D eigenvalue weighted by atomic mass is 9.98. The number of amides is 1. The maximum Gasteiger partial charge on any atom is 0.330 e. The first kappa shape index (κ1) is 15.4. The number of rotatable bonds is 2. The summed E-state index contributed by atoms with van der Waals surface area (Å²) in [5, 5.41) is 1.62. The van der Waals surface area contributed by atoms with Crippen LogP contribution in [0.25, 0.3) is 0 Å². The Labute approximate surface area is 124 Å². The number of carbonyl (C=O) groups is 2. The first-order valence-electron chi connectivity index (χ1n) is 7.05. The molecule has 1 fully saturated rings. The highest BCUT2D eigenvalue weighted by Crippen LogP contribution is 2.17. The van der Waals surface area contributed by atoms with Gasteiger partial charge in [-0.1, -0.05) is 6.07 Å². The van der Waals surface area contributed by atoms with Gasteiger partial charge in [0.05, 0.1) is 18.5 Å². The molecule has 1 aromatic heterocycles. The highest BCUT2D eigenvalue weighted by molar-refractivity contribution is 5.92. The number of nitrogens with zero attached hydrogens (tertiary/aromatic N) is 3. The molecule has 6 heteroatoms. The average molecular weight is 291 g/mol. The van der Waals surface area contributed by atoms with Gasteiger partial charge < -0.3 is 9.74 Å². The summed E-state index contributed by atoms with van der Waals surface area (Å²) in [6.07, 6.45) is 1.61. The summed E-state index contributed by atoms with van der Waals surface area (Å²) in [5.41, 5.74) is -0.0846. The molecule has 0 saturated carbocycles. The van der Waals surface area contributed by atoms with Crippen LogP contribution in [-0.4, -0.2) is 53.0 Å². The van der Waals surface area contributed by atoms with E-state index in [0.717, 1.165) is 0 Å². The molecule has 1 aliphatic rings. The van der Waals surface area contributed by atoms with Gasteiger partial charge in [0, 0.05) is 19.3 Å². The molecular formula is C15H21N3O3. The normalized spacial score (nSPS) is 16.6. The molecule has 0 bridgehead atoms. The number of piperazine rings is 1. The lowest BCUT2D eigenvalue weighted by molar-refractivity contribution is -0.205. The second-order valence-corrected chi connectivity index (χ2v) is 6.06. The molecule has 1 saturated heterocycles. The van der Waals surface area contributed by atoms with E-state index >= 15 is 0 Å². The first-order chi connectivity index (χ1) is 9.88.